The molecule has 5 rings (SSSR count). The van der Waals surface area contributed by atoms with Gasteiger partial charge in [0.2, 0.25) is 0 Å². The molecule has 2 fully saturated rings. The largest absolute Gasteiger partial charge is 0.374 e. The summed E-state index contributed by atoms with van der Waals surface area (Å²) in [7, 11) is 0. The van der Waals surface area contributed by atoms with Crippen molar-refractivity contribution in [3.63, 3.8) is 0 Å². The molecule has 0 aromatic heterocycles. The maximum Gasteiger partial charge on any atom is 0.104 e. The first-order chi connectivity index (χ1) is 15.8. The van der Waals surface area contributed by atoms with E-state index in [0.717, 1.165) is 26.1 Å². The maximum absolute atomic E-state index is 5.73. The second-order valence-electron chi connectivity index (χ2n) is 8.75. The average molecular weight is 431 g/mol. The molecule has 4 heteroatoms. The minimum Gasteiger partial charge on any atom is -0.374 e. The summed E-state index contributed by atoms with van der Waals surface area (Å²) in [6.45, 7) is 4.35. The molecule has 4 nitrogen and oxygen atoms in total. The van der Waals surface area contributed by atoms with E-state index in [4.69, 9.17) is 18.9 Å². The van der Waals surface area contributed by atoms with E-state index in [1.54, 1.807) is 0 Å². The first-order valence-electron chi connectivity index (χ1n) is 11.4. The van der Waals surface area contributed by atoms with Gasteiger partial charge in [-0.3, -0.25) is 0 Å². The van der Waals surface area contributed by atoms with Crippen LogP contribution >= 0.6 is 0 Å². The van der Waals surface area contributed by atoms with E-state index < -0.39 is 0 Å². The van der Waals surface area contributed by atoms with Crippen LogP contribution in [0.2, 0.25) is 0 Å². The minimum atomic E-state index is 0.315. The zero-order chi connectivity index (χ0) is 21.6. The van der Waals surface area contributed by atoms with Crippen molar-refractivity contribution in [2.45, 2.75) is 38.3 Å². The van der Waals surface area contributed by atoms with Crippen molar-refractivity contribution in [1.82, 2.24) is 0 Å². The van der Waals surface area contributed by atoms with E-state index in [9.17, 15) is 0 Å². The summed E-state index contributed by atoms with van der Waals surface area (Å²) in [6.07, 6.45) is 2.49. The van der Waals surface area contributed by atoms with Gasteiger partial charge in [0.25, 0.3) is 0 Å². The van der Waals surface area contributed by atoms with Crippen LogP contribution in [0.3, 0.4) is 0 Å². The van der Waals surface area contributed by atoms with Gasteiger partial charge in [-0.2, -0.15) is 0 Å². The van der Waals surface area contributed by atoms with Gasteiger partial charge < -0.3 is 18.9 Å². The van der Waals surface area contributed by atoms with Gasteiger partial charge in [0, 0.05) is 0 Å². The third kappa shape index (κ3) is 6.75. The summed E-state index contributed by atoms with van der Waals surface area (Å²) in [5.41, 5.74) is 7.70. The highest BCUT2D eigenvalue weighted by atomic mass is 16.6. The van der Waals surface area contributed by atoms with Gasteiger partial charge in [0.1, 0.15) is 12.2 Å². The number of benzene rings is 3. The predicted octanol–water partition coefficient (Wildman–Crippen LogP) is 4.70. The molecule has 0 bridgehead atoms. The molecule has 2 heterocycles. The van der Waals surface area contributed by atoms with Gasteiger partial charge in [-0.1, -0.05) is 72.8 Å². The summed E-state index contributed by atoms with van der Waals surface area (Å²) < 4.78 is 21.8. The second kappa shape index (κ2) is 10.4. The molecule has 0 N–H and O–H groups in total. The molecular weight excluding hydrogens is 400 g/mol. The van der Waals surface area contributed by atoms with Crippen LogP contribution in [0.4, 0.5) is 0 Å². The van der Waals surface area contributed by atoms with E-state index in [1.165, 1.54) is 33.4 Å². The highest BCUT2D eigenvalue weighted by molar-refractivity contribution is 5.34. The molecule has 3 aromatic rings. The van der Waals surface area contributed by atoms with Crippen LogP contribution in [0.5, 0.6) is 0 Å². The minimum absolute atomic E-state index is 0.315. The van der Waals surface area contributed by atoms with Gasteiger partial charge in [0.05, 0.1) is 39.6 Å². The van der Waals surface area contributed by atoms with Crippen molar-refractivity contribution in [2.75, 3.05) is 26.4 Å². The Labute approximate surface area is 190 Å². The lowest BCUT2D eigenvalue weighted by molar-refractivity contribution is 0.104. The summed E-state index contributed by atoms with van der Waals surface area (Å²) in [5.74, 6) is 0. The fraction of sp³-hybridized carbons (Fsp3) is 0.357. The number of rotatable bonds is 12. The molecule has 0 spiro atoms. The van der Waals surface area contributed by atoms with Crippen molar-refractivity contribution in [3.05, 3.63) is 106 Å². The zero-order valence-corrected chi connectivity index (χ0v) is 18.4. The standard InChI is InChI=1S/C28H30O4/c1-3-23(13-25(5-1)15-29-17-27-19-31-27)11-21-7-9-22(10-8-21)12-24-4-2-6-26(14-24)16-30-18-28-20-32-28/h1-10,13-14,27-28H,11-12,15-20H2/t27-,28?/m1/s1. The highest BCUT2D eigenvalue weighted by Crippen LogP contribution is 2.17. The Kier molecular flexibility index (Phi) is 6.95. The fourth-order valence-electron chi connectivity index (χ4n) is 3.85. The Morgan fingerprint density at radius 1 is 0.562 bits per heavy atom. The SMILES string of the molecule is c1cc(COCC2CO2)cc(Cc2ccc(Cc3cccc(COC[C@@H]4CO4)c3)cc2)c1. The highest BCUT2D eigenvalue weighted by Gasteiger charge is 2.22. The molecule has 32 heavy (non-hydrogen) atoms. The van der Waals surface area contributed by atoms with Crippen LogP contribution in [-0.4, -0.2) is 38.6 Å². The quantitative estimate of drug-likeness (QED) is 0.391. The fourth-order valence-corrected chi connectivity index (χ4v) is 3.85. The molecule has 1 unspecified atom stereocenters. The van der Waals surface area contributed by atoms with Gasteiger partial charge in [0.15, 0.2) is 0 Å². The van der Waals surface area contributed by atoms with Gasteiger partial charge in [-0.05, 0) is 46.2 Å². The normalized spacial score (nSPS) is 19.1. The monoisotopic (exact) mass is 430 g/mol. The number of epoxide rings is 2. The van der Waals surface area contributed by atoms with E-state index >= 15 is 0 Å². The lowest BCUT2D eigenvalue weighted by Crippen LogP contribution is -2.02. The molecule has 0 amide bonds. The van der Waals surface area contributed by atoms with Crippen molar-refractivity contribution >= 4 is 0 Å². The predicted molar refractivity (Wildman–Crippen MR) is 124 cm³/mol. The van der Waals surface area contributed by atoms with Crippen molar-refractivity contribution < 1.29 is 18.9 Å². The molecule has 0 radical (unpaired) electrons. The third-order valence-electron chi connectivity index (χ3n) is 5.77. The molecule has 2 aliphatic rings. The van der Waals surface area contributed by atoms with Crippen LogP contribution in [0.15, 0.2) is 72.8 Å². The molecule has 0 aliphatic carbocycles. The lowest BCUT2D eigenvalue weighted by Gasteiger charge is -2.09. The van der Waals surface area contributed by atoms with Gasteiger partial charge in [-0.25, -0.2) is 0 Å². The van der Waals surface area contributed by atoms with E-state index in [2.05, 4.69) is 72.8 Å². The lowest BCUT2D eigenvalue weighted by atomic mass is 9.99. The smallest absolute Gasteiger partial charge is 0.104 e. The second-order valence-corrected chi connectivity index (χ2v) is 8.75. The molecule has 166 valence electrons. The molecule has 0 saturated carbocycles. The first kappa shape index (κ1) is 21.4. The van der Waals surface area contributed by atoms with Crippen molar-refractivity contribution in [3.8, 4) is 0 Å². The summed E-state index contributed by atoms with van der Waals surface area (Å²) in [5, 5.41) is 0. The number of hydrogen-bond acceptors (Lipinski definition) is 4. The van der Waals surface area contributed by atoms with E-state index in [-0.39, 0.29) is 0 Å². The Morgan fingerprint density at radius 2 is 0.969 bits per heavy atom. The van der Waals surface area contributed by atoms with Crippen LogP contribution in [-0.2, 0) is 45.0 Å². The zero-order valence-electron chi connectivity index (χ0n) is 18.4. The molecular formula is C28H30O4. The Bertz CT molecular complexity index is 923. The van der Waals surface area contributed by atoms with Crippen LogP contribution < -0.4 is 0 Å². The van der Waals surface area contributed by atoms with Crippen molar-refractivity contribution in [1.29, 1.82) is 0 Å². The topological polar surface area (TPSA) is 43.5 Å². The third-order valence-corrected chi connectivity index (χ3v) is 5.77. The molecule has 2 atom stereocenters. The number of ether oxygens (including phenoxy) is 4. The maximum atomic E-state index is 5.73. The Hall–Kier alpha value is -2.50. The Morgan fingerprint density at radius 3 is 1.38 bits per heavy atom. The Balaban J connectivity index is 1.13. The molecule has 3 aromatic carbocycles. The number of hydrogen-bond donors (Lipinski definition) is 0. The first-order valence-corrected chi connectivity index (χ1v) is 11.4. The van der Waals surface area contributed by atoms with Crippen molar-refractivity contribution in [2.24, 2.45) is 0 Å². The summed E-state index contributed by atoms with van der Waals surface area (Å²) in [6, 6.07) is 26.3. The average Bonchev–Trinajstić information content (AvgIpc) is 3.72. The molecule has 2 saturated heterocycles. The van der Waals surface area contributed by atoms with Crippen LogP contribution in [0, 0.1) is 0 Å². The van der Waals surface area contributed by atoms with Crippen LogP contribution in [0.25, 0.3) is 0 Å². The summed E-state index contributed by atoms with van der Waals surface area (Å²) in [4.78, 5) is 0. The van der Waals surface area contributed by atoms with Crippen LogP contribution in [0.1, 0.15) is 33.4 Å². The summed E-state index contributed by atoms with van der Waals surface area (Å²) >= 11 is 0. The van der Waals surface area contributed by atoms with E-state index in [1.807, 2.05) is 0 Å². The van der Waals surface area contributed by atoms with Gasteiger partial charge >= 0.3 is 0 Å². The van der Waals surface area contributed by atoms with Gasteiger partial charge in [-0.15, -0.1) is 0 Å². The molecule has 2 aliphatic heterocycles. The van der Waals surface area contributed by atoms with E-state index in [0.29, 0.717) is 38.6 Å².